The number of rotatable bonds is 9. The lowest BCUT2D eigenvalue weighted by Gasteiger charge is -2.22. The van der Waals surface area contributed by atoms with Crippen molar-refractivity contribution in [1.29, 1.82) is 0 Å². The highest BCUT2D eigenvalue weighted by atomic mass is 32.2. The molecule has 0 spiro atoms. The van der Waals surface area contributed by atoms with Gasteiger partial charge in [0, 0.05) is 19.1 Å². The van der Waals surface area contributed by atoms with Crippen LogP contribution >= 0.6 is 11.8 Å². The molecule has 1 amide bonds. The molecule has 1 aliphatic rings. The minimum absolute atomic E-state index is 0.0338. The minimum atomic E-state index is 0.0338. The predicted molar refractivity (Wildman–Crippen MR) is 96.6 cm³/mol. The lowest BCUT2D eigenvalue weighted by molar-refractivity contribution is -0.120. The van der Waals surface area contributed by atoms with Crippen molar-refractivity contribution in [3.8, 4) is 0 Å². The number of nitrogens with zero attached hydrogens (tertiary/aromatic N) is 1. The molecule has 0 unspecified atom stereocenters. The van der Waals surface area contributed by atoms with Crippen LogP contribution < -0.4 is 16.0 Å². The highest BCUT2D eigenvalue weighted by Gasteiger charge is 2.15. The summed E-state index contributed by atoms with van der Waals surface area (Å²) < 4.78 is 0. The molecule has 0 heterocycles. The fourth-order valence-electron chi connectivity index (χ4n) is 2.59. The van der Waals surface area contributed by atoms with Crippen molar-refractivity contribution >= 4 is 23.6 Å². The molecule has 1 saturated carbocycles. The molecule has 0 radical (unpaired) electrons. The molecule has 5 nitrogen and oxygen atoms in total. The Hall–Kier alpha value is -0.910. The van der Waals surface area contributed by atoms with Gasteiger partial charge in [0.15, 0.2) is 5.96 Å². The molecule has 0 bridgehead atoms. The molecule has 1 aliphatic carbocycles. The quantitative estimate of drug-likeness (QED) is 0.345. The number of nitrogens with one attached hydrogen (secondary N) is 3. The molecule has 0 atom stereocenters. The van der Waals surface area contributed by atoms with Gasteiger partial charge in [-0.1, -0.05) is 19.3 Å². The third-order valence-electron chi connectivity index (χ3n) is 3.76. The second-order valence-electron chi connectivity index (χ2n) is 5.72. The molecule has 0 aromatic rings. The van der Waals surface area contributed by atoms with E-state index in [1.165, 1.54) is 31.4 Å². The lowest BCUT2D eigenvalue weighted by atomic mass is 9.95. The summed E-state index contributed by atoms with van der Waals surface area (Å²) in [7, 11) is 0. The minimum Gasteiger partial charge on any atom is -0.357 e. The Morgan fingerprint density at radius 2 is 1.95 bits per heavy atom. The molecule has 22 heavy (non-hydrogen) atoms. The molecule has 0 aliphatic heterocycles. The van der Waals surface area contributed by atoms with Gasteiger partial charge in [-0.05, 0) is 44.6 Å². The summed E-state index contributed by atoms with van der Waals surface area (Å²) in [6.07, 6.45) is 10.4. The van der Waals surface area contributed by atoms with Crippen LogP contribution in [0, 0.1) is 0 Å². The number of thioether (sulfide) groups is 1. The van der Waals surface area contributed by atoms with E-state index in [9.17, 15) is 4.79 Å². The van der Waals surface area contributed by atoms with Crippen molar-refractivity contribution < 1.29 is 4.79 Å². The molecule has 128 valence electrons. The summed E-state index contributed by atoms with van der Waals surface area (Å²) in [6.45, 7) is 3.95. The summed E-state index contributed by atoms with van der Waals surface area (Å²) in [6, 6.07) is 0.360. The van der Waals surface area contributed by atoms with Crippen molar-refractivity contribution in [3.05, 3.63) is 0 Å². The number of amides is 1. The van der Waals surface area contributed by atoms with Crippen LogP contribution in [0.3, 0.4) is 0 Å². The normalized spacial score (nSPS) is 16.4. The number of carbonyl (C=O) groups excluding carboxylic acids is 1. The summed E-state index contributed by atoms with van der Waals surface area (Å²) in [5.74, 6) is 1.97. The maximum atomic E-state index is 12.0. The van der Waals surface area contributed by atoms with Gasteiger partial charge in [-0.2, -0.15) is 11.8 Å². The molecule has 0 aromatic heterocycles. The third-order valence-corrected chi connectivity index (χ3v) is 4.46. The Morgan fingerprint density at radius 1 is 1.18 bits per heavy atom. The number of guanidine groups is 1. The van der Waals surface area contributed by atoms with Crippen LogP contribution in [0.1, 0.15) is 51.9 Å². The predicted octanol–water partition coefficient (Wildman–Crippen LogP) is 2.13. The monoisotopic (exact) mass is 328 g/mol. The average Bonchev–Trinajstić information content (AvgIpc) is 2.53. The largest absolute Gasteiger partial charge is 0.357 e. The third kappa shape index (κ3) is 9.18. The molecule has 1 rings (SSSR count). The molecule has 3 N–H and O–H groups in total. The highest BCUT2D eigenvalue weighted by molar-refractivity contribution is 7.98. The first-order chi connectivity index (χ1) is 10.8. The summed E-state index contributed by atoms with van der Waals surface area (Å²) >= 11 is 1.87. The first kappa shape index (κ1) is 19.1. The van der Waals surface area contributed by atoms with E-state index in [4.69, 9.17) is 0 Å². The lowest BCUT2D eigenvalue weighted by Crippen LogP contribution is -2.40. The highest BCUT2D eigenvalue weighted by Crippen LogP contribution is 2.17. The summed E-state index contributed by atoms with van der Waals surface area (Å²) in [5, 5.41) is 9.57. The van der Waals surface area contributed by atoms with Crippen molar-refractivity contribution in [2.75, 3.05) is 31.6 Å². The smallest absolute Gasteiger partial charge is 0.242 e. The number of hydrogen-bond acceptors (Lipinski definition) is 3. The Labute approximate surface area is 139 Å². The van der Waals surface area contributed by atoms with Crippen LogP contribution in [0.4, 0.5) is 0 Å². The summed E-state index contributed by atoms with van der Waals surface area (Å²) in [4.78, 5) is 16.3. The number of carbonyl (C=O) groups is 1. The summed E-state index contributed by atoms with van der Waals surface area (Å²) in [5.41, 5.74) is 0. The molecule has 0 aromatic carbocycles. The number of aliphatic imine (C=N–C) groups is 1. The average molecular weight is 329 g/mol. The van der Waals surface area contributed by atoms with E-state index in [1.54, 1.807) is 0 Å². The van der Waals surface area contributed by atoms with Crippen LogP contribution in [-0.2, 0) is 4.79 Å². The topological polar surface area (TPSA) is 65.5 Å². The van der Waals surface area contributed by atoms with Gasteiger partial charge in [0.05, 0.1) is 0 Å². The van der Waals surface area contributed by atoms with E-state index in [2.05, 4.69) is 27.2 Å². The Bertz CT molecular complexity index is 330. The molecule has 0 saturated heterocycles. The van der Waals surface area contributed by atoms with Crippen LogP contribution in [-0.4, -0.2) is 49.6 Å². The van der Waals surface area contributed by atoms with Gasteiger partial charge in [-0.3, -0.25) is 4.79 Å². The first-order valence-electron chi connectivity index (χ1n) is 8.56. The van der Waals surface area contributed by atoms with E-state index in [0.717, 1.165) is 38.3 Å². The van der Waals surface area contributed by atoms with Gasteiger partial charge >= 0.3 is 0 Å². The van der Waals surface area contributed by atoms with Crippen LogP contribution in [0.2, 0.25) is 0 Å². The molecular weight excluding hydrogens is 296 g/mol. The van der Waals surface area contributed by atoms with Crippen molar-refractivity contribution in [1.82, 2.24) is 16.0 Å². The van der Waals surface area contributed by atoms with Crippen molar-refractivity contribution in [2.24, 2.45) is 4.99 Å². The number of unbranched alkanes of at least 4 members (excludes halogenated alkanes) is 1. The Morgan fingerprint density at radius 3 is 2.64 bits per heavy atom. The Balaban J connectivity index is 2.25. The van der Waals surface area contributed by atoms with E-state index < -0.39 is 0 Å². The maximum absolute atomic E-state index is 12.0. The van der Waals surface area contributed by atoms with Gasteiger partial charge < -0.3 is 16.0 Å². The van der Waals surface area contributed by atoms with Crippen LogP contribution in [0.5, 0.6) is 0 Å². The van der Waals surface area contributed by atoms with Gasteiger partial charge in [-0.15, -0.1) is 0 Å². The van der Waals surface area contributed by atoms with E-state index in [-0.39, 0.29) is 12.5 Å². The molecule has 1 fully saturated rings. The zero-order valence-electron chi connectivity index (χ0n) is 14.1. The second kappa shape index (κ2) is 12.6. The van der Waals surface area contributed by atoms with Crippen LogP contribution in [0.15, 0.2) is 4.99 Å². The van der Waals surface area contributed by atoms with E-state index >= 15 is 0 Å². The maximum Gasteiger partial charge on any atom is 0.242 e. The molecule has 6 heteroatoms. The zero-order chi connectivity index (χ0) is 16.0. The standard InChI is InChI=1S/C16H32N4OS/c1-3-17-16(18-11-7-8-12-22-2)19-13-15(21)20-14-9-5-4-6-10-14/h14H,3-13H2,1-2H3,(H,20,21)(H2,17,18,19). The van der Waals surface area contributed by atoms with Gasteiger partial charge in [0.1, 0.15) is 6.54 Å². The zero-order valence-corrected chi connectivity index (χ0v) is 14.9. The van der Waals surface area contributed by atoms with E-state index in [1.807, 2.05) is 18.7 Å². The van der Waals surface area contributed by atoms with E-state index in [0.29, 0.717) is 6.04 Å². The SMILES string of the molecule is CCNC(=NCC(=O)NC1CCCCC1)NCCCCSC. The fraction of sp³-hybridized carbons (Fsp3) is 0.875. The second-order valence-corrected chi connectivity index (χ2v) is 6.71. The first-order valence-corrected chi connectivity index (χ1v) is 9.96. The van der Waals surface area contributed by atoms with Gasteiger partial charge in [0.2, 0.25) is 5.91 Å². The van der Waals surface area contributed by atoms with Gasteiger partial charge in [0.25, 0.3) is 0 Å². The van der Waals surface area contributed by atoms with Crippen LogP contribution in [0.25, 0.3) is 0 Å². The Kier molecular flexibility index (Phi) is 11.0. The van der Waals surface area contributed by atoms with Crippen molar-refractivity contribution in [2.45, 2.75) is 57.9 Å². The number of hydrogen-bond donors (Lipinski definition) is 3. The molecular formula is C16H32N4OS. The fourth-order valence-corrected chi connectivity index (χ4v) is 3.08. The van der Waals surface area contributed by atoms with Gasteiger partial charge in [-0.25, -0.2) is 4.99 Å². The van der Waals surface area contributed by atoms with Crippen molar-refractivity contribution in [3.63, 3.8) is 0 Å².